The zero-order valence-corrected chi connectivity index (χ0v) is 11.2. The molecule has 7 heteroatoms. The van der Waals surface area contributed by atoms with E-state index in [-0.39, 0.29) is 22.4 Å². The number of hydrogen-bond donors (Lipinski definition) is 2. The van der Waals surface area contributed by atoms with Gasteiger partial charge in [-0.05, 0) is 37.0 Å². The number of sulfonamides is 1. The molecule has 0 spiro atoms. The van der Waals surface area contributed by atoms with E-state index in [9.17, 15) is 17.6 Å². The number of amides is 1. The van der Waals surface area contributed by atoms with Gasteiger partial charge in [-0.25, -0.2) is 17.9 Å². The summed E-state index contributed by atoms with van der Waals surface area (Å²) in [6.07, 6.45) is 2.03. The molecule has 3 N–H and O–H groups in total. The van der Waals surface area contributed by atoms with Crippen molar-refractivity contribution in [2.75, 3.05) is 5.32 Å². The van der Waals surface area contributed by atoms with E-state index in [1.54, 1.807) is 6.92 Å². The number of anilines is 1. The van der Waals surface area contributed by atoms with Crippen molar-refractivity contribution >= 4 is 21.6 Å². The summed E-state index contributed by atoms with van der Waals surface area (Å²) in [5.41, 5.74) is 0.0986. The standard InChI is InChI=1S/C12H15FN2O3S/c1-7(8-2-3-8)12(16)15-10-4-9(13)5-11(6-10)19(14,17)18/h4-8H,2-3H2,1H3,(H,15,16)(H2,14,17,18). The highest BCUT2D eigenvalue weighted by molar-refractivity contribution is 7.89. The second-order valence-corrected chi connectivity index (χ2v) is 6.40. The Hall–Kier alpha value is -1.47. The third-order valence-electron chi connectivity index (χ3n) is 3.21. The number of nitrogens with two attached hydrogens (primary N) is 1. The third kappa shape index (κ3) is 3.51. The largest absolute Gasteiger partial charge is 0.326 e. The quantitative estimate of drug-likeness (QED) is 0.878. The molecule has 1 aliphatic rings. The Kier molecular flexibility index (Phi) is 3.60. The van der Waals surface area contributed by atoms with Crippen LogP contribution in [0.25, 0.3) is 0 Å². The van der Waals surface area contributed by atoms with Crippen LogP contribution in [0.1, 0.15) is 19.8 Å². The van der Waals surface area contributed by atoms with Gasteiger partial charge in [-0.2, -0.15) is 0 Å². The number of halogens is 1. The fourth-order valence-electron chi connectivity index (χ4n) is 1.87. The van der Waals surface area contributed by atoms with Gasteiger partial charge in [0.05, 0.1) is 4.90 Å². The topological polar surface area (TPSA) is 89.3 Å². The first-order valence-corrected chi connectivity index (χ1v) is 7.46. The lowest BCUT2D eigenvalue weighted by atomic mass is 10.1. The van der Waals surface area contributed by atoms with Gasteiger partial charge in [0.15, 0.2) is 0 Å². The maximum Gasteiger partial charge on any atom is 0.238 e. The van der Waals surface area contributed by atoms with Gasteiger partial charge in [0.25, 0.3) is 0 Å². The van der Waals surface area contributed by atoms with Gasteiger partial charge in [0, 0.05) is 11.6 Å². The molecule has 5 nitrogen and oxygen atoms in total. The molecule has 1 aliphatic carbocycles. The molecule has 1 aromatic rings. The molecule has 0 radical (unpaired) electrons. The number of hydrogen-bond acceptors (Lipinski definition) is 3. The highest BCUT2D eigenvalue weighted by Gasteiger charge is 2.32. The lowest BCUT2D eigenvalue weighted by Crippen LogP contribution is -2.22. The molecule has 0 aliphatic heterocycles. The molecule has 1 saturated carbocycles. The van der Waals surface area contributed by atoms with Crippen molar-refractivity contribution in [3.05, 3.63) is 24.0 Å². The monoisotopic (exact) mass is 286 g/mol. The van der Waals surface area contributed by atoms with Crippen molar-refractivity contribution in [2.45, 2.75) is 24.7 Å². The van der Waals surface area contributed by atoms with E-state index in [4.69, 9.17) is 5.14 Å². The maximum atomic E-state index is 13.3. The normalized spacial score (nSPS) is 17.0. The van der Waals surface area contributed by atoms with Crippen molar-refractivity contribution in [1.29, 1.82) is 0 Å². The zero-order valence-electron chi connectivity index (χ0n) is 10.4. The number of carbonyl (C=O) groups excluding carboxylic acids is 1. The van der Waals surface area contributed by atoms with Crippen LogP contribution in [-0.4, -0.2) is 14.3 Å². The van der Waals surface area contributed by atoms with Gasteiger partial charge in [-0.1, -0.05) is 6.92 Å². The van der Waals surface area contributed by atoms with Crippen LogP contribution in [0.5, 0.6) is 0 Å². The van der Waals surface area contributed by atoms with Gasteiger partial charge >= 0.3 is 0 Å². The Morgan fingerprint density at radius 2 is 2.05 bits per heavy atom. The van der Waals surface area contributed by atoms with Crippen molar-refractivity contribution in [3.63, 3.8) is 0 Å². The molecule has 1 unspecified atom stereocenters. The molecule has 0 heterocycles. The minimum Gasteiger partial charge on any atom is -0.326 e. The first kappa shape index (κ1) is 14.0. The van der Waals surface area contributed by atoms with Crippen molar-refractivity contribution in [2.24, 2.45) is 17.0 Å². The molecule has 104 valence electrons. The first-order chi connectivity index (χ1) is 8.77. The van der Waals surface area contributed by atoms with Gasteiger partial charge in [-0.15, -0.1) is 0 Å². The van der Waals surface area contributed by atoms with Gasteiger partial charge in [0.1, 0.15) is 5.82 Å². The van der Waals surface area contributed by atoms with Crippen LogP contribution in [-0.2, 0) is 14.8 Å². The molecule has 0 saturated heterocycles. The highest BCUT2D eigenvalue weighted by atomic mass is 32.2. The predicted octanol–water partition coefficient (Wildman–Crippen LogP) is 1.46. The number of benzene rings is 1. The fourth-order valence-corrected chi connectivity index (χ4v) is 2.43. The van der Waals surface area contributed by atoms with Crippen molar-refractivity contribution < 1.29 is 17.6 Å². The van der Waals surface area contributed by atoms with E-state index < -0.39 is 15.8 Å². The predicted molar refractivity (Wildman–Crippen MR) is 68.3 cm³/mol. The summed E-state index contributed by atoms with van der Waals surface area (Å²) < 4.78 is 35.7. The van der Waals surface area contributed by atoms with Crippen LogP contribution in [0.15, 0.2) is 23.1 Å². The molecular weight excluding hydrogens is 271 g/mol. The summed E-state index contributed by atoms with van der Waals surface area (Å²) in [6, 6.07) is 3.03. The molecule has 1 fully saturated rings. The summed E-state index contributed by atoms with van der Waals surface area (Å²) >= 11 is 0. The van der Waals surface area contributed by atoms with Gasteiger partial charge in [0.2, 0.25) is 15.9 Å². The number of primary sulfonamides is 1. The van der Waals surface area contributed by atoms with Crippen LogP contribution in [0.3, 0.4) is 0 Å². The molecule has 19 heavy (non-hydrogen) atoms. The molecule has 1 atom stereocenters. The first-order valence-electron chi connectivity index (χ1n) is 5.91. The maximum absolute atomic E-state index is 13.3. The van der Waals surface area contributed by atoms with Crippen LogP contribution >= 0.6 is 0 Å². The van der Waals surface area contributed by atoms with E-state index in [1.165, 1.54) is 0 Å². The highest BCUT2D eigenvalue weighted by Crippen LogP contribution is 2.37. The molecule has 2 rings (SSSR count). The lowest BCUT2D eigenvalue weighted by Gasteiger charge is -2.12. The zero-order chi connectivity index (χ0) is 14.2. The van der Waals surface area contributed by atoms with Crippen LogP contribution in [0.2, 0.25) is 0 Å². The summed E-state index contributed by atoms with van der Waals surface area (Å²) in [5, 5.41) is 7.45. The van der Waals surface area contributed by atoms with Gasteiger partial charge in [-0.3, -0.25) is 4.79 Å². The Morgan fingerprint density at radius 1 is 1.42 bits per heavy atom. The Morgan fingerprint density at radius 3 is 2.58 bits per heavy atom. The van der Waals surface area contributed by atoms with E-state index in [1.807, 2.05) is 0 Å². The third-order valence-corrected chi connectivity index (χ3v) is 4.10. The van der Waals surface area contributed by atoms with Crippen molar-refractivity contribution in [1.82, 2.24) is 0 Å². The van der Waals surface area contributed by atoms with Crippen LogP contribution in [0.4, 0.5) is 10.1 Å². The Balaban J connectivity index is 2.20. The van der Waals surface area contributed by atoms with E-state index >= 15 is 0 Å². The van der Waals surface area contributed by atoms with E-state index in [0.717, 1.165) is 31.0 Å². The molecule has 1 aromatic carbocycles. The lowest BCUT2D eigenvalue weighted by molar-refractivity contribution is -0.119. The summed E-state index contributed by atoms with van der Waals surface area (Å²) in [4.78, 5) is 11.5. The average Bonchev–Trinajstić information content (AvgIpc) is 3.09. The van der Waals surface area contributed by atoms with Crippen molar-refractivity contribution in [3.8, 4) is 0 Å². The second kappa shape index (κ2) is 4.90. The Bertz CT molecular complexity index is 611. The summed E-state index contributed by atoms with van der Waals surface area (Å²) in [5.74, 6) is -0.804. The smallest absolute Gasteiger partial charge is 0.238 e. The minimum atomic E-state index is -4.00. The van der Waals surface area contributed by atoms with E-state index in [2.05, 4.69) is 5.32 Å². The fraction of sp³-hybridized carbons (Fsp3) is 0.417. The van der Waals surface area contributed by atoms with E-state index in [0.29, 0.717) is 5.92 Å². The summed E-state index contributed by atoms with van der Waals surface area (Å²) in [6.45, 7) is 1.80. The summed E-state index contributed by atoms with van der Waals surface area (Å²) in [7, 11) is -4.00. The molecule has 0 aromatic heterocycles. The number of carbonyl (C=O) groups is 1. The van der Waals surface area contributed by atoms with Gasteiger partial charge < -0.3 is 5.32 Å². The second-order valence-electron chi connectivity index (χ2n) is 4.84. The molecule has 1 amide bonds. The molecule has 0 bridgehead atoms. The Labute approximate surface area is 111 Å². The minimum absolute atomic E-state index is 0.0986. The number of rotatable bonds is 4. The number of nitrogens with one attached hydrogen (secondary N) is 1. The average molecular weight is 286 g/mol. The SMILES string of the molecule is CC(C(=O)Nc1cc(F)cc(S(N)(=O)=O)c1)C1CC1. The van der Waals surface area contributed by atoms with Crippen LogP contribution < -0.4 is 10.5 Å². The van der Waals surface area contributed by atoms with Crippen LogP contribution in [0, 0.1) is 17.7 Å². The molecular formula is C12H15FN2O3S.